The van der Waals surface area contributed by atoms with E-state index < -0.39 is 23.6 Å². The van der Waals surface area contributed by atoms with Crippen molar-refractivity contribution < 1.29 is 28.6 Å². The largest absolute Gasteiger partial charge is 0.469 e. The lowest BCUT2D eigenvalue weighted by Gasteiger charge is -2.27. The van der Waals surface area contributed by atoms with Gasteiger partial charge in [-0.3, -0.25) is 9.59 Å². The second-order valence-electron chi connectivity index (χ2n) is 8.79. The molecule has 0 heterocycles. The second kappa shape index (κ2) is 13.5. The molecule has 0 aliphatic rings. The van der Waals surface area contributed by atoms with E-state index in [4.69, 9.17) is 15.2 Å². The standard InChI is InChI=1S/C25H36N2O6/c1-17-15-19(9-7-8-10-23(29)31-6)11-12-20(17)16-32-18(2)21(13-14-22(26)28)27-24(30)33-25(3,4)5/h11-12,15,18,21H,8,10,13-14,16H2,1-6H3,(H2,26,28)(H,27,30)/t18-,21+/m1/s1. The van der Waals surface area contributed by atoms with Gasteiger partial charge >= 0.3 is 12.1 Å². The fraction of sp³-hybridized carbons (Fsp3) is 0.560. The fourth-order valence-corrected chi connectivity index (χ4v) is 2.89. The fourth-order valence-electron chi connectivity index (χ4n) is 2.89. The van der Waals surface area contributed by atoms with Crippen LogP contribution < -0.4 is 11.1 Å². The molecule has 0 saturated carbocycles. The number of esters is 1. The number of carbonyl (C=O) groups excluding carboxylic acids is 3. The zero-order valence-electron chi connectivity index (χ0n) is 20.4. The average molecular weight is 461 g/mol. The summed E-state index contributed by atoms with van der Waals surface area (Å²) in [5.41, 5.74) is 7.48. The molecule has 0 aliphatic carbocycles. The van der Waals surface area contributed by atoms with Gasteiger partial charge in [-0.05, 0) is 64.3 Å². The lowest BCUT2D eigenvalue weighted by Crippen LogP contribution is -2.45. The van der Waals surface area contributed by atoms with Crippen LogP contribution in [0.25, 0.3) is 0 Å². The van der Waals surface area contributed by atoms with E-state index in [-0.39, 0.29) is 24.9 Å². The van der Waals surface area contributed by atoms with E-state index in [1.165, 1.54) is 7.11 Å². The van der Waals surface area contributed by atoms with Gasteiger partial charge in [0.25, 0.3) is 0 Å². The molecule has 0 fully saturated rings. The first-order chi connectivity index (χ1) is 15.4. The van der Waals surface area contributed by atoms with Gasteiger partial charge in [0.2, 0.25) is 5.91 Å². The van der Waals surface area contributed by atoms with Gasteiger partial charge < -0.3 is 25.3 Å². The summed E-state index contributed by atoms with van der Waals surface area (Å²) < 4.78 is 15.9. The maximum absolute atomic E-state index is 12.2. The van der Waals surface area contributed by atoms with E-state index in [9.17, 15) is 14.4 Å². The van der Waals surface area contributed by atoms with E-state index in [2.05, 4.69) is 21.9 Å². The summed E-state index contributed by atoms with van der Waals surface area (Å²) in [5, 5.41) is 2.78. The number of hydrogen-bond donors (Lipinski definition) is 2. The van der Waals surface area contributed by atoms with E-state index in [0.717, 1.165) is 16.7 Å². The van der Waals surface area contributed by atoms with Crippen LogP contribution >= 0.6 is 0 Å². The highest BCUT2D eigenvalue weighted by Crippen LogP contribution is 2.16. The number of nitrogens with two attached hydrogens (primary N) is 1. The van der Waals surface area contributed by atoms with Crippen molar-refractivity contribution in [1.29, 1.82) is 0 Å². The number of aryl methyl sites for hydroxylation is 1. The zero-order chi connectivity index (χ0) is 25.0. The Morgan fingerprint density at radius 1 is 1.18 bits per heavy atom. The Kier molecular flexibility index (Phi) is 11.4. The number of hydrogen-bond acceptors (Lipinski definition) is 6. The van der Waals surface area contributed by atoms with Crippen LogP contribution in [0, 0.1) is 18.8 Å². The van der Waals surface area contributed by atoms with Crippen LogP contribution in [0.4, 0.5) is 4.79 Å². The van der Waals surface area contributed by atoms with Gasteiger partial charge in [0.05, 0.1) is 32.3 Å². The maximum atomic E-state index is 12.2. The van der Waals surface area contributed by atoms with Crippen molar-refractivity contribution in [1.82, 2.24) is 5.32 Å². The number of amides is 2. The molecule has 1 rings (SSSR count). The third-order valence-electron chi connectivity index (χ3n) is 4.73. The van der Waals surface area contributed by atoms with E-state index in [0.29, 0.717) is 19.4 Å². The summed E-state index contributed by atoms with van der Waals surface area (Å²) in [6.07, 6.45) is 0.213. The summed E-state index contributed by atoms with van der Waals surface area (Å²) in [6, 6.07) is 5.35. The van der Waals surface area contributed by atoms with Crippen LogP contribution in [0.3, 0.4) is 0 Å². The van der Waals surface area contributed by atoms with Crippen molar-refractivity contribution in [3.8, 4) is 11.8 Å². The molecule has 0 spiro atoms. The zero-order valence-corrected chi connectivity index (χ0v) is 20.4. The van der Waals surface area contributed by atoms with Crippen molar-refractivity contribution in [3.63, 3.8) is 0 Å². The van der Waals surface area contributed by atoms with Crippen molar-refractivity contribution in [2.45, 2.75) is 84.7 Å². The molecule has 8 nitrogen and oxygen atoms in total. The average Bonchev–Trinajstić information content (AvgIpc) is 2.71. The van der Waals surface area contributed by atoms with Crippen molar-refractivity contribution in [2.75, 3.05) is 7.11 Å². The number of nitrogens with one attached hydrogen (secondary N) is 1. The van der Waals surface area contributed by atoms with Gasteiger partial charge in [-0.1, -0.05) is 17.9 Å². The summed E-state index contributed by atoms with van der Waals surface area (Å²) in [6.45, 7) is 9.46. The molecule has 0 saturated heterocycles. The smallest absolute Gasteiger partial charge is 0.407 e. The highest BCUT2D eigenvalue weighted by atomic mass is 16.6. The molecule has 8 heteroatoms. The van der Waals surface area contributed by atoms with Crippen molar-refractivity contribution >= 4 is 18.0 Å². The Morgan fingerprint density at radius 3 is 2.45 bits per heavy atom. The van der Waals surface area contributed by atoms with Gasteiger partial charge in [0.1, 0.15) is 5.60 Å². The molecule has 0 aromatic heterocycles. The first-order valence-corrected chi connectivity index (χ1v) is 11.0. The molecule has 0 aliphatic heterocycles. The van der Waals surface area contributed by atoms with Crippen LogP contribution in [0.2, 0.25) is 0 Å². The predicted octanol–water partition coefficient (Wildman–Crippen LogP) is 3.36. The minimum absolute atomic E-state index is 0.122. The summed E-state index contributed by atoms with van der Waals surface area (Å²) in [7, 11) is 1.36. The molecule has 2 amide bonds. The molecule has 1 aromatic rings. The summed E-state index contributed by atoms with van der Waals surface area (Å²) >= 11 is 0. The molecule has 2 atom stereocenters. The lowest BCUT2D eigenvalue weighted by molar-refractivity contribution is -0.140. The lowest BCUT2D eigenvalue weighted by atomic mass is 10.0. The number of primary amides is 1. The number of carbonyl (C=O) groups is 3. The van der Waals surface area contributed by atoms with E-state index in [1.807, 2.05) is 32.0 Å². The van der Waals surface area contributed by atoms with Gasteiger partial charge in [-0.2, -0.15) is 0 Å². The Labute approximate surface area is 196 Å². The maximum Gasteiger partial charge on any atom is 0.407 e. The minimum Gasteiger partial charge on any atom is -0.469 e. The van der Waals surface area contributed by atoms with Crippen LogP contribution in [0.1, 0.15) is 70.1 Å². The Morgan fingerprint density at radius 2 is 1.88 bits per heavy atom. The third-order valence-corrected chi connectivity index (χ3v) is 4.73. The molecule has 33 heavy (non-hydrogen) atoms. The number of ether oxygens (including phenoxy) is 3. The molecule has 1 aromatic carbocycles. The molecular formula is C25H36N2O6. The normalized spacial score (nSPS) is 12.7. The molecular weight excluding hydrogens is 424 g/mol. The van der Waals surface area contributed by atoms with E-state index in [1.54, 1.807) is 20.8 Å². The van der Waals surface area contributed by atoms with Gasteiger partial charge in [0, 0.05) is 18.4 Å². The first kappa shape index (κ1) is 28.0. The van der Waals surface area contributed by atoms with Gasteiger partial charge in [0.15, 0.2) is 0 Å². The summed E-state index contributed by atoms with van der Waals surface area (Å²) in [4.78, 5) is 34.6. The van der Waals surface area contributed by atoms with Crippen molar-refractivity contribution in [2.24, 2.45) is 5.73 Å². The van der Waals surface area contributed by atoms with Crippen LogP contribution in [-0.2, 0) is 30.4 Å². The first-order valence-electron chi connectivity index (χ1n) is 11.0. The Balaban J connectivity index is 2.73. The Hall–Kier alpha value is -3.05. The third kappa shape index (κ3) is 11.9. The molecule has 182 valence electrons. The van der Waals surface area contributed by atoms with Crippen LogP contribution in [-0.4, -0.2) is 42.8 Å². The highest BCUT2D eigenvalue weighted by Gasteiger charge is 2.24. The number of methoxy groups -OCH3 is 1. The number of benzene rings is 1. The predicted molar refractivity (Wildman–Crippen MR) is 125 cm³/mol. The molecule has 3 N–H and O–H groups in total. The monoisotopic (exact) mass is 460 g/mol. The molecule has 0 bridgehead atoms. The highest BCUT2D eigenvalue weighted by molar-refractivity contribution is 5.74. The van der Waals surface area contributed by atoms with E-state index >= 15 is 0 Å². The quantitative estimate of drug-likeness (QED) is 0.408. The molecule has 0 radical (unpaired) electrons. The van der Waals surface area contributed by atoms with Gasteiger partial charge in [-0.15, -0.1) is 0 Å². The number of alkyl carbamates (subject to hydrolysis) is 1. The molecule has 0 unspecified atom stereocenters. The minimum atomic E-state index is -0.635. The van der Waals surface area contributed by atoms with Crippen LogP contribution in [0.5, 0.6) is 0 Å². The van der Waals surface area contributed by atoms with Crippen LogP contribution in [0.15, 0.2) is 18.2 Å². The SMILES string of the molecule is COC(=O)CCC#Cc1ccc(CO[C@H](C)[C@H](CCC(N)=O)NC(=O)OC(C)(C)C)c(C)c1. The van der Waals surface area contributed by atoms with Crippen molar-refractivity contribution in [3.05, 3.63) is 34.9 Å². The topological polar surface area (TPSA) is 117 Å². The summed E-state index contributed by atoms with van der Waals surface area (Å²) in [5.74, 6) is 5.28. The second-order valence-corrected chi connectivity index (χ2v) is 8.79. The Bertz CT molecular complexity index is 879. The number of rotatable bonds is 10. The van der Waals surface area contributed by atoms with Gasteiger partial charge in [-0.25, -0.2) is 4.79 Å².